The Labute approximate surface area is 123 Å². The highest BCUT2D eigenvalue weighted by Gasteiger charge is 2.21. The monoisotopic (exact) mass is 315 g/mol. The number of nitrogens with one attached hydrogen (secondary N) is 1. The van der Waals surface area contributed by atoms with Crippen molar-refractivity contribution < 1.29 is 0 Å². The summed E-state index contributed by atoms with van der Waals surface area (Å²) in [6.45, 7) is 6.93. The van der Waals surface area contributed by atoms with Crippen LogP contribution >= 0.6 is 15.9 Å². The molecular weight excluding hydrogens is 298 g/mol. The summed E-state index contributed by atoms with van der Waals surface area (Å²) >= 11 is 3.46. The van der Waals surface area contributed by atoms with Crippen molar-refractivity contribution in [1.29, 1.82) is 0 Å². The van der Waals surface area contributed by atoms with E-state index in [1.54, 1.807) is 0 Å². The van der Waals surface area contributed by atoms with Crippen LogP contribution in [-0.2, 0) is 12.1 Å². The lowest BCUT2D eigenvalue weighted by atomic mass is 9.92. The van der Waals surface area contributed by atoms with E-state index in [4.69, 9.17) is 0 Å². The summed E-state index contributed by atoms with van der Waals surface area (Å²) in [4.78, 5) is 0. The molecule has 98 valence electrons. The normalized spacial score (nSPS) is 13.8. The highest BCUT2D eigenvalue weighted by atomic mass is 79.9. The Morgan fingerprint density at radius 1 is 1.11 bits per heavy atom. The predicted octanol–water partition coefficient (Wildman–Crippen LogP) is 4.64. The first kappa shape index (κ1) is 14.0. The maximum atomic E-state index is 3.97. The van der Waals surface area contributed by atoms with Gasteiger partial charge in [-0.1, -0.05) is 64.5 Å². The van der Waals surface area contributed by atoms with Crippen LogP contribution < -0.4 is 5.32 Å². The molecule has 2 aromatic rings. The molecule has 1 nitrogen and oxygen atoms in total. The number of hydrogen-bond donors (Lipinski definition) is 1. The summed E-state index contributed by atoms with van der Waals surface area (Å²) < 4.78 is 1.09. The molecule has 2 aromatic carbocycles. The van der Waals surface area contributed by atoms with Gasteiger partial charge in [-0.25, -0.2) is 0 Å². The second-order valence-electron chi connectivity index (χ2n) is 4.75. The molecule has 2 heteroatoms. The Kier molecular flexibility index (Phi) is 4.56. The van der Waals surface area contributed by atoms with E-state index < -0.39 is 0 Å². The second-order valence-corrected chi connectivity index (χ2v) is 5.67. The smallest absolute Gasteiger partial charge is 0.0591 e. The van der Waals surface area contributed by atoms with Gasteiger partial charge in [-0.05, 0) is 30.2 Å². The van der Waals surface area contributed by atoms with Crippen LogP contribution in [0.5, 0.6) is 0 Å². The molecule has 0 unspecified atom stereocenters. The summed E-state index contributed by atoms with van der Waals surface area (Å²) in [5.41, 5.74) is 2.26. The van der Waals surface area contributed by atoms with Gasteiger partial charge in [0.25, 0.3) is 0 Å². The first-order valence-electron chi connectivity index (χ1n) is 6.33. The largest absolute Gasteiger partial charge is 0.300 e. The lowest BCUT2D eigenvalue weighted by Crippen LogP contribution is -2.36. The molecule has 0 heterocycles. The predicted molar refractivity (Wildman–Crippen MR) is 85.0 cm³/mol. The minimum atomic E-state index is -0.226. The second kappa shape index (κ2) is 6.18. The van der Waals surface area contributed by atoms with Gasteiger partial charge in [-0.2, -0.15) is 0 Å². The van der Waals surface area contributed by atoms with Gasteiger partial charge < -0.3 is 5.32 Å². The first-order valence-corrected chi connectivity index (χ1v) is 7.12. The zero-order valence-corrected chi connectivity index (χ0v) is 12.7. The molecule has 1 atom stereocenters. The summed E-state index contributed by atoms with van der Waals surface area (Å²) in [7, 11) is 0. The Balaban J connectivity index is 2.14. The Hall–Kier alpha value is -1.38. The molecule has 0 radical (unpaired) electrons. The van der Waals surface area contributed by atoms with E-state index in [1.807, 2.05) is 12.1 Å². The van der Waals surface area contributed by atoms with Crippen LogP contribution in [0.4, 0.5) is 0 Å². The fraction of sp³-hybridized carbons (Fsp3) is 0.176. The van der Waals surface area contributed by atoms with E-state index in [2.05, 4.69) is 83.3 Å². The van der Waals surface area contributed by atoms with Gasteiger partial charge in [0.05, 0.1) is 5.54 Å². The third kappa shape index (κ3) is 3.55. The van der Waals surface area contributed by atoms with Crippen LogP contribution in [0, 0.1) is 0 Å². The summed E-state index contributed by atoms with van der Waals surface area (Å²) in [5, 5.41) is 3.56. The zero-order chi connectivity index (χ0) is 13.7. The molecule has 0 fully saturated rings. The van der Waals surface area contributed by atoms with Gasteiger partial charge in [0.1, 0.15) is 0 Å². The third-order valence-electron chi connectivity index (χ3n) is 3.35. The van der Waals surface area contributed by atoms with Gasteiger partial charge in [0.2, 0.25) is 0 Å². The molecule has 0 aliphatic heterocycles. The van der Waals surface area contributed by atoms with Crippen molar-refractivity contribution in [3.05, 3.63) is 82.9 Å². The average molecular weight is 316 g/mol. The van der Waals surface area contributed by atoms with Gasteiger partial charge in [0.15, 0.2) is 0 Å². The van der Waals surface area contributed by atoms with Crippen LogP contribution in [0.1, 0.15) is 18.1 Å². The van der Waals surface area contributed by atoms with Crippen LogP contribution in [0.15, 0.2) is 71.7 Å². The molecule has 19 heavy (non-hydrogen) atoms. The van der Waals surface area contributed by atoms with Crippen LogP contribution in [0.2, 0.25) is 0 Å². The number of halogens is 1. The van der Waals surface area contributed by atoms with E-state index in [9.17, 15) is 0 Å². The Morgan fingerprint density at radius 2 is 1.74 bits per heavy atom. The maximum Gasteiger partial charge on any atom is 0.0591 e. The Morgan fingerprint density at radius 3 is 2.32 bits per heavy atom. The molecule has 0 aliphatic rings. The van der Waals surface area contributed by atoms with E-state index in [0.29, 0.717) is 0 Å². The maximum absolute atomic E-state index is 3.97. The SMILES string of the molecule is C=C[C@](C)(NCc1ccccc1)c1ccc(Br)cc1. The lowest BCUT2D eigenvalue weighted by molar-refractivity contribution is 0.453. The summed E-state index contributed by atoms with van der Waals surface area (Å²) in [6.07, 6.45) is 1.96. The van der Waals surface area contributed by atoms with Crippen molar-refractivity contribution in [2.75, 3.05) is 0 Å². The molecule has 0 saturated carbocycles. The topological polar surface area (TPSA) is 12.0 Å². The minimum Gasteiger partial charge on any atom is -0.300 e. The van der Waals surface area contributed by atoms with Crippen LogP contribution in [0.25, 0.3) is 0 Å². The number of benzene rings is 2. The van der Waals surface area contributed by atoms with Crippen LogP contribution in [0.3, 0.4) is 0 Å². The molecule has 0 amide bonds. The van der Waals surface area contributed by atoms with Gasteiger partial charge in [-0.3, -0.25) is 0 Å². The molecule has 0 bridgehead atoms. The van der Waals surface area contributed by atoms with Crippen molar-refractivity contribution in [2.45, 2.75) is 19.0 Å². The van der Waals surface area contributed by atoms with E-state index >= 15 is 0 Å². The standard InChI is InChI=1S/C17H18BrN/c1-3-17(2,15-9-11-16(18)12-10-15)19-13-14-7-5-4-6-8-14/h3-12,19H,1,13H2,2H3/t17-/m0/s1. The van der Waals surface area contributed by atoms with Crippen molar-refractivity contribution in [3.8, 4) is 0 Å². The van der Waals surface area contributed by atoms with Gasteiger partial charge in [0, 0.05) is 11.0 Å². The van der Waals surface area contributed by atoms with Crippen LogP contribution in [-0.4, -0.2) is 0 Å². The first-order chi connectivity index (χ1) is 9.14. The molecule has 0 aromatic heterocycles. The highest BCUT2D eigenvalue weighted by molar-refractivity contribution is 9.10. The van der Waals surface area contributed by atoms with Crippen molar-refractivity contribution in [3.63, 3.8) is 0 Å². The fourth-order valence-electron chi connectivity index (χ4n) is 1.97. The molecule has 0 saturated heterocycles. The third-order valence-corrected chi connectivity index (χ3v) is 3.88. The fourth-order valence-corrected chi connectivity index (χ4v) is 2.23. The number of hydrogen-bond acceptors (Lipinski definition) is 1. The Bertz CT molecular complexity index is 533. The molecule has 0 aliphatic carbocycles. The number of rotatable bonds is 5. The molecular formula is C17H18BrN. The van der Waals surface area contributed by atoms with Crippen molar-refractivity contribution in [2.24, 2.45) is 0 Å². The summed E-state index contributed by atoms with van der Waals surface area (Å²) in [5.74, 6) is 0. The quantitative estimate of drug-likeness (QED) is 0.792. The van der Waals surface area contributed by atoms with Crippen molar-refractivity contribution in [1.82, 2.24) is 5.32 Å². The zero-order valence-electron chi connectivity index (χ0n) is 11.1. The molecule has 2 rings (SSSR count). The van der Waals surface area contributed by atoms with Gasteiger partial charge in [-0.15, -0.1) is 6.58 Å². The molecule has 0 spiro atoms. The van der Waals surface area contributed by atoms with E-state index in [-0.39, 0.29) is 5.54 Å². The van der Waals surface area contributed by atoms with Crippen molar-refractivity contribution >= 4 is 15.9 Å². The minimum absolute atomic E-state index is 0.226. The van der Waals surface area contributed by atoms with E-state index in [0.717, 1.165) is 11.0 Å². The highest BCUT2D eigenvalue weighted by Crippen LogP contribution is 2.24. The summed E-state index contributed by atoms with van der Waals surface area (Å²) in [6, 6.07) is 18.7. The van der Waals surface area contributed by atoms with Gasteiger partial charge >= 0.3 is 0 Å². The lowest BCUT2D eigenvalue weighted by Gasteiger charge is -2.28. The molecule has 1 N–H and O–H groups in total. The average Bonchev–Trinajstić information content (AvgIpc) is 2.46. The van der Waals surface area contributed by atoms with E-state index in [1.165, 1.54) is 11.1 Å².